The maximum Gasteiger partial charge on any atom is -0.0225 e. The standard InChI is InChI=1S/C21H36/c1-17(2)10-8-12-19(5)14-15-21(7)16-20(6)13-9-11-18(3)4/h10-11,14,16,21H,8-9,12-13,15H2,1-7H3. The van der Waals surface area contributed by atoms with Crippen molar-refractivity contribution in [3.63, 3.8) is 0 Å². The molecule has 0 saturated heterocycles. The SMILES string of the molecule is CC(C)=CCCC(C)=CCC(C)C=C(C)CCC=C(C)C. The fraction of sp³-hybridized carbons (Fsp3) is 0.619. The molecule has 0 heteroatoms. The smallest absolute Gasteiger partial charge is 0.0225 e. The topological polar surface area (TPSA) is 0 Å². The van der Waals surface area contributed by atoms with E-state index in [1.807, 2.05) is 0 Å². The van der Waals surface area contributed by atoms with Gasteiger partial charge in [0.1, 0.15) is 0 Å². The van der Waals surface area contributed by atoms with Crippen molar-refractivity contribution in [3.05, 3.63) is 46.6 Å². The van der Waals surface area contributed by atoms with Gasteiger partial charge in [0.2, 0.25) is 0 Å². The van der Waals surface area contributed by atoms with E-state index < -0.39 is 0 Å². The summed E-state index contributed by atoms with van der Waals surface area (Å²) in [6.45, 7) is 15.5. The molecule has 0 aliphatic carbocycles. The first kappa shape index (κ1) is 20.0. The first-order valence-corrected chi connectivity index (χ1v) is 8.41. The van der Waals surface area contributed by atoms with Crippen LogP contribution in [0.3, 0.4) is 0 Å². The molecular formula is C21H36. The summed E-state index contributed by atoms with van der Waals surface area (Å²) in [6.07, 6.45) is 15.4. The third kappa shape index (κ3) is 13.7. The van der Waals surface area contributed by atoms with Crippen molar-refractivity contribution in [2.24, 2.45) is 5.92 Å². The van der Waals surface area contributed by atoms with Crippen molar-refractivity contribution >= 4 is 0 Å². The Bertz CT molecular complexity index is 394. The van der Waals surface area contributed by atoms with Gasteiger partial charge in [-0.3, -0.25) is 0 Å². The highest BCUT2D eigenvalue weighted by molar-refractivity contribution is 5.07. The summed E-state index contributed by atoms with van der Waals surface area (Å²) in [4.78, 5) is 0. The molecule has 0 fully saturated rings. The van der Waals surface area contributed by atoms with Gasteiger partial charge in [0.05, 0.1) is 0 Å². The molecule has 0 aromatic carbocycles. The Hall–Kier alpha value is -1.04. The van der Waals surface area contributed by atoms with E-state index >= 15 is 0 Å². The average Bonchev–Trinajstić information content (AvgIpc) is 2.35. The van der Waals surface area contributed by atoms with Gasteiger partial charge in [0, 0.05) is 0 Å². The monoisotopic (exact) mass is 288 g/mol. The minimum atomic E-state index is 0.648. The number of rotatable bonds is 9. The van der Waals surface area contributed by atoms with Gasteiger partial charge in [-0.05, 0) is 79.6 Å². The van der Waals surface area contributed by atoms with Gasteiger partial charge in [-0.15, -0.1) is 0 Å². The highest BCUT2D eigenvalue weighted by Crippen LogP contribution is 2.15. The van der Waals surface area contributed by atoms with Gasteiger partial charge in [-0.2, -0.15) is 0 Å². The van der Waals surface area contributed by atoms with Crippen LogP contribution in [0.5, 0.6) is 0 Å². The van der Waals surface area contributed by atoms with Crippen LogP contribution in [0, 0.1) is 5.92 Å². The minimum absolute atomic E-state index is 0.648. The molecule has 0 amide bonds. The molecule has 120 valence electrons. The third-order valence-electron chi connectivity index (χ3n) is 3.59. The van der Waals surface area contributed by atoms with Crippen molar-refractivity contribution in [2.45, 2.75) is 80.6 Å². The minimum Gasteiger partial charge on any atom is -0.0856 e. The van der Waals surface area contributed by atoms with Crippen molar-refractivity contribution in [1.29, 1.82) is 0 Å². The number of allylic oxidation sites excluding steroid dienone is 8. The fourth-order valence-electron chi connectivity index (χ4n) is 2.30. The van der Waals surface area contributed by atoms with Gasteiger partial charge >= 0.3 is 0 Å². The molecule has 0 aromatic rings. The molecule has 21 heavy (non-hydrogen) atoms. The lowest BCUT2D eigenvalue weighted by Crippen LogP contribution is -1.90. The van der Waals surface area contributed by atoms with Gasteiger partial charge in [0.15, 0.2) is 0 Å². The van der Waals surface area contributed by atoms with E-state index in [-0.39, 0.29) is 0 Å². The van der Waals surface area contributed by atoms with E-state index in [1.54, 1.807) is 0 Å². The quantitative estimate of drug-likeness (QED) is 0.388. The second kappa shape index (κ2) is 11.6. The molecule has 0 aromatic heterocycles. The molecule has 0 saturated carbocycles. The Morgan fingerprint density at radius 2 is 1.19 bits per heavy atom. The van der Waals surface area contributed by atoms with E-state index in [0.717, 1.165) is 0 Å². The average molecular weight is 289 g/mol. The summed E-state index contributed by atoms with van der Waals surface area (Å²) >= 11 is 0. The molecule has 0 rings (SSSR count). The lowest BCUT2D eigenvalue weighted by molar-refractivity contribution is 0.723. The zero-order valence-corrected chi connectivity index (χ0v) is 15.4. The van der Waals surface area contributed by atoms with Crippen molar-refractivity contribution in [3.8, 4) is 0 Å². The van der Waals surface area contributed by atoms with Crippen LogP contribution in [0.25, 0.3) is 0 Å². The predicted octanol–water partition coefficient (Wildman–Crippen LogP) is 7.40. The van der Waals surface area contributed by atoms with Crippen LogP contribution >= 0.6 is 0 Å². The van der Waals surface area contributed by atoms with Gasteiger partial charge in [-0.25, -0.2) is 0 Å². The summed E-state index contributed by atoms with van der Waals surface area (Å²) in [7, 11) is 0. The van der Waals surface area contributed by atoms with E-state index in [1.165, 1.54) is 54.4 Å². The second-order valence-corrected chi connectivity index (χ2v) is 6.92. The van der Waals surface area contributed by atoms with E-state index in [9.17, 15) is 0 Å². The van der Waals surface area contributed by atoms with Crippen LogP contribution in [-0.4, -0.2) is 0 Å². The van der Waals surface area contributed by atoms with Crippen molar-refractivity contribution in [1.82, 2.24) is 0 Å². The Kier molecular flexibility index (Phi) is 11.0. The van der Waals surface area contributed by atoms with Gasteiger partial charge in [-0.1, -0.05) is 53.5 Å². The maximum absolute atomic E-state index is 2.44. The van der Waals surface area contributed by atoms with Crippen LogP contribution in [0.15, 0.2) is 46.6 Å². The molecule has 0 heterocycles. The van der Waals surface area contributed by atoms with Gasteiger partial charge < -0.3 is 0 Å². The van der Waals surface area contributed by atoms with Crippen LogP contribution in [0.1, 0.15) is 80.6 Å². The molecule has 0 N–H and O–H groups in total. The van der Waals surface area contributed by atoms with E-state index in [0.29, 0.717) is 5.92 Å². The van der Waals surface area contributed by atoms with Crippen molar-refractivity contribution in [2.75, 3.05) is 0 Å². The summed E-state index contributed by atoms with van der Waals surface area (Å²) in [5.41, 5.74) is 5.89. The molecule has 1 atom stereocenters. The zero-order chi connectivity index (χ0) is 16.3. The van der Waals surface area contributed by atoms with Crippen molar-refractivity contribution < 1.29 is 0 Å². The Labute approximate surface area is 133 Å². The molecule has 0 spiro atoms. The Balaban J connectivity index is 4.14. The van der Waals surface area contributed by atoms with E-state index in [4.69, 9.17) is 0 Å². The summed E-state index contributed by atoms with van der Waals surface area (Å²) in [5, 5.41) is 0. The molecule has 0 radical (unpaired) electrons. The maximum atomic E-state index is 2.44. The third-order valence-corrected chi connectivity index (χ3v) is 3.59. The van der Waals surface area contributed by atoms with Crippen LogP contribution in [-0.2, 0) is 0 Å². The molecular weight excluding hydrogens is 252 g/mol. The first-order valence-electron chi connectivity index (χ1n) is 8.41. The van der Waals surface area contributed by atoms with Crippen LogP contribution in [0.4, 0.5) is 0 Å². The van der Waals surface area contributed by atoms with Gasteiger partial charge in [0.25, 0.3) is 0 Å². The van der Waals surface area contributed by atoms with E-state index in [2.05, 4.69) is 72.8 Å². The predicted molar refractivity (Wildman–Crippen MR) is 98.6 cm³/mol. The molecule has 1 unspecified atom stereocenters. The first-order chi connectivity index (χ1) is 9.81. The van der Waals surface area contributed by atoms with Crippen LogP contribution < -0.4 is 0 Å². The zero-order valence-electron chi connectivity index (χ0n) is 15.4. The Morgan fingerprint density at radius 3 is 1.67 bits per heavy atom. The summed E-state index contributed by atoms with van der Waals surface area (Å²) in [5.74, 6) is 0.648. The molecule has 0 nitrogen and oxygen atoms in total. The second-order valence-electron chi connectivity index (χ2n) is 6.92. The normalized spacial score (nSPS) is 13.9. The highest BCUT2D eigenvalue weighted by Gasteiger charge is 1.98. The summed E-state index contributed by atoms with van der Waals surface area (Å²) in [6, 6.07) is 0. The Morgan fingerprint density at radius 1 is 0.714 bits per heavy atom. The lowest BCUT2D eigenvalue weighted by Gasteiger charge is -2.07. The molecule has 0 aliphatic heterocycles. The molecule has 0 aliphatic rings. The summed E-state index contributed by atoms with van der Waals surface area (Å²) < 4.78 is 0. The lowest BCUT2D eigenvalue weighted by atomic mass is 9.99. The number of hydrogen-bond donors (Lipinski definition) is 0. The van der Waals surface area contributed by atoms with Crippen LogP contribution in [0.2, 0.25) is 0 Å². The fourth-order valence-corrected chi connectivity index (χ4v) is 2.30. The highest BCUT2D eigenvalue weighted by atomic mass is 14.0. The largest absolute Gasteiger partial charge is 0.0856 e. The number of hydrogen-bond acceptors (Lipinski definition) is 0. The molecule has 0 bridgehead atoms.